The van der Waals surface area contributed by atoms with E-state index in [1.165, 1.54) is 6.33 Å². The maximum absolute atomic E-state index is 16.0. The number of likely N-dealkylation sites (N-methyl/N-ethyl adjacent to an activating group) is 1. The van der Waals surface area contributed by atoms with Gasteiger partial charge in [-0.3, -0.25) is 4.79 Å². The number of nitrogens with two attached hydrogens (primary N) is 2. The number of hydrogen-bond donors (Lipinski definition) is 4. The molecule has 178 valence electrons. The van der Waals surface area contributed by atoms with Crippen LogP contribution in [0.2, 0.25) is 5.15 Å². The topological polar surface area (TPSA) is 125 Å². The number of nitrogens with one attached hydrogen (secondary N) is 2. The van der Waals surface area contributed by atoms with Gasteiger partial charge in [0.25, 0.3) is 0 Å². The second-order valence-corrected chi connectivity index (χ2v) is 8.35. The number of amides is 1. The highest BCUT2D eigenvalue weighted by molar-refractivity contribution is 6.32. The molecule has 0 bridgehead atoms. The van der Waals surface area contributed by atoms with Gasteiger partial charge in [-0.15, -0.1) is 0 Å². The molecule has 0 spiro atoms. The summed E-state index contributed by atoms with van der Waals surface area (Å²) in [6.45, 7) is 3.11. The van der Waals surface area contributed by atoms with E-state index in [-0.39, 0.29) is 34.8 Å². The Morgan fingerprint density at radius 3 is 2.50 bits per heavy atom. The summed E-state index contributed by atoms with van der Waals surface area (Å²) in [6, 6.07) is 10.5. The van der Waals surface area contributed by atoms with Gasteiger partial charge in [0.2, 0.25) is 5.91 Å². The summed E-state index contributed by atoms with van der Waals surface area (Å²) >= 11 is 6.05. The van der Waals surface area contributed by atoms with Gasteiger partial charge in [-0.1, -0.05) is 23.7 Å². The number of hydrogen-bond acceptors (Lipinski definition) is 8. The first-order valence-corrected chi connectivity index (χ1v) is 11.1. The molecule has 1 aliphatic heterocycles. The van der Waals surface area contributed by atoms with Gasteiger partial charge in [0.1, 0.15) is 17.7 Å². The second-order valence-electron chi connectivity index (χ2n) is 7.99. The van der Waals surface area contributed by atoms with Crippen LogP contribution < -0.4 is 27.0 Å². The predicted molar refractivity (Wildman–Crippen MR) is 134 cm³/mol. The van der Waals surface area contributed by atoms with Crippen LogP contribution in [-0.4, -0.2) is 60.5 Å². The largest absolute Gasteiger partial charge is 0.393 e. The number of aromatic nitrogens is 2. The lowest BCUT2D eigenvalue weighted by Gasteiger charge is -2.35. The minimum absolute atomic E-state index is 0.0883. The Bertz CT molecular complexity index is 1180. The van der Waals surface area contributed by atoms with Crippen molar-refractivity contribution >= 4 is 46.1 Å². The highest BCUT2D eigenvalue weighted by atomic mass is 35.5. The Morgan fingerprint density at radius 2 is 1.82 bits per heavy atom. The van der Waals surface area contributed by atoms with Crippen molar-refractivity contribution < 1.29 is 9.18 Å². The van der Waals surface area contributed by atoms with E-state index in [0.29, 0.717) is 22.5 Å². The summed E-state index contributed by atoms with van der Waals surface area (Å²) in [5.74, 6) is -0.529. The first-order valence-electron chi connectivity index (χ1n) is 10.8. The fraction of sp³-hybridized carbons (Fsp3) is 0.261. The third kappa shape index (κ3) is 5.04. The van der Waals surface area contributed by atoms with E-state index < -0.39 is 5.82 Å². The fourth-order valence-electron chi connectivity index (χ4n) is 3.76. The molecule has 0 saturated carbocycles. The lowest BCUT2D eigenvalue weighted by Crippen LogP contribution is -2.44. The van der Waals surface area contributed by atoms with Gasteiger partial charge < -0.3 is 31.9 Å². The molecular formula is C23H26ClFN8O. The third-order valence-electron chi connectivity index (χ3n) is 5.71. The quantitative estimate of drug-likeness (QED) is 0.393. The predicted octanol–water partition coefficient (Wildman–Crippen LogP) is 2.91. The SMILES string of the molecule is CN1CCN(c2ccc(-c3ccc(NC(=O)CN)cc3)c(F)c2Nc2ncnc(Cl)c2N)CC1. The van der Waals surface area contributed by atoms with Crippen LogP contribution in [-0.2, 0) is 4.79 Å². The molecule has 1 saturated heterocycles. The van der Waals surface area contributed by atoms with Crippen LogP contribution in [0.25, 0.3) is 11.1 Å². The first-order chi connectivity index (χ1) is 16.4. The molecule has 0 unspecified atom stereocenters. The molecule has 6 N–H and O–H groups in total. The van der Waals surface area contributed by atoms with Gasteiger partial charge in [-0.2, -0.15) is 0 Å². The summed E-state index contributed by atoms with van der Waals surface area (Å²) in [7, 11) is 2.06. The van der Waals surface area contributed by atoms with Crippen LogP contribution in [0.3, 0.4) is 0 Å². The third-order valence-corrected chi connectivity index (χ3v) is 6.01. The number of piperazine rings is 1. The number of carbonyl (C=O) groups excluding carboxylic acids is 1. The average molecular weight is 485 g/mol. The molecule has 4 rings (SSSR count). The lowest BCUT2D eigenvalue weighted by molar-refractivity contribution is -0.114. The number of halogens is 2. The molecule has 1 aromatic heterocycles. The molecule has 11 heteroatoms. The normalized spacial score (nSPS) is 14.2. The molecule has 1 fully saturated rings. The zero-order chi connectivity index (χ0) is 24.2. The van der Waals surface area contributed by atoms with Gasteiger partial charge in [0, 0.05) is 37.4 Å². The molecule has 9 nitrogen and oxygen atoms in total. The smallest absolute Gasteiger partial charge is 0.238 e. The minimum Gasteiger partial charge on any atom is -0.393 e. The number of nitrogens with zero attached hydrogens (tertiary/aromatic N) is 4. The first kappa shape index (κ1) is 23.7. The van der Waals surface area contributed by atoms with Crippen molar-refractivity contribution in [3.05, 3.63) is 53.7 Å². The zero-order valence-electron chi connectivity index (χ0n) is 18.7. The van der Waals surface area contributed by atoms with Crippen molar-refractivity contribution in [2.75, 3.05) is 61.0 Å². The van der Waals surface area contributed by atoms with Crippen molar-refractivity contribution in [1.82, 2.24) is 14.9 Å². The summed E-state index contributed by atoms with van der Waals surface area (Å²) in [5.41, 5.74) is 14.1. The highest BCUT2D eigenvalue weighted by Crippen LogP contribution is 2.39. The molecule has 34 heavy (non-hydrogen) atoms. The van der Waals surface area contributed by atoms with Crippen molar-refractivity contribution in [2.24, 2.45) is 5.73 Å². The van der Waals surface area contributed by atoms with Crippen LogP contribution in [0.15, 0.2) is 42.7 Å². The highest BCUT2D eigenvalue weighted by Gasteiger charge is 2.23. The molecule has 1 amide bonds. The van der Waals surface area contributed by atoms with E-state index in [1.54, 1.807) is 30.3 Å². The Labute approximate surface area is 201 Å². The maximum atomic E-state index is 16.0. The molecule has 2 heterocycles. The Hall–Kier alpha value is -3.47. The number of rotatable bonds is 6. The maximum Gasteiger partial charge on any atom is 0.238 e. The van der Waals surface area contributed by atoms with Crippen molar-refractivity contribution in [2.45, 2.75) is 0 Å². The molecular weight excluding hydrogens is 459 g/mol. The minimum atomic E-state index is -0.454. The van der Waals surface area contributed by atoms with E-state index in [0.717, 1.165) is 26.2 Å². The van der Waals surface area contributed by atoms with E-state index in [2.05, 4.69) is 37.4 Å². The second kappa shape index (κ2) is 10.2. The van der Waals surface area contributed by atoms with Gasteiger partial charge in [0.05, 0.1) is 12.2 Å². The van der Waals surface area contributed by atoms with Gasteiger partial charge >= 0.3 is 0 Å². The molecule has 0 aliphatic carbocycles. The number of carbonyl (C=O) groups is 1. The molecule has 0 radical (unpaired) electrons. The molecule has 3 aromatic rings. The van der Waals surface area contributed by atoms with Crippen molar-refractivity contribution in [1.29, 1.82) is 0 Å². The monoisotopic (exact) mass is 484 g/mol. The van der Waals surface area contributed by atoms with Gasteiger partial charge in [0.15, 0.2) is 16.8 Å². The van der Waals surface area contributed by atoms with Gasteiger partial charge in [-0.05, 0) is 36.9 Å². The van der Waals surface area contributed by atoms with E-state index in [4.69, 9.17) is 23.1 Å². The van der Waals surface area contributed by atoms with Crippen LogP contribution >= 0.6 is 11.6 Å². The molecule has 2 aromatic carbocycles. The summed E-state index contributed by atoms with van der Waals surface area (Å²) in [5, 5.41) is 5.82. The van der Waals surface area contributed by atoms with Crippen LogP contribution in [0, 0.1) is 5.82 Å². The van der Waals surface area contributed by atoms with E-state index >= 15 is 4.39 Å². The Balaban J connectivity index is 1.74. The Morgan fingerprint density at radius 1 is 1.12 bits per heavy atom. The van der Waals surface area contributed by atoms with Crippen molar-refractivity contribution in [3.63, 3.8) is 0 Å². The number of anilines is 5. The van der Waals surface area contributed by atoms with E-state index in [1.807, 2.05) is 6.07 Å². The molecule has 0 atom stereocenters. The van der Waals surface area contributed by atoms with Gasteiger partial charge in [-0.25, -0.2) is 14.4 Å². The van der Waals surface area contributed by atoms with Crippen LogP contribution in [0.4, 0.5) is 33.0 Å². The fourth-order valence-corrected chi connectivity index (χ4v) is 3.89. The molecule has 1 aliphatic rings. The lowest BCUT2D eigenvalue weighted by atomic mass is 10.0. The van der Waals surface area contributed by atoms with Crippen molar-refractivity contribution in [3.8, 4) is 11.1 Å². The standard InChI is InChI=1S/C23H26ClFN8O/c1-32-8-10-33(11-9-32)17-7-6-16(14-2-4-15(5-3-14)30-18(34)12-26)19(25)21(17)31-23-20(27)22(24)28-13-29-23/h2-7,13H,8-12,26-27H2,1H3,(H,30,34)(H,28,29,31). The Kier molecular flexibility index (Phi) is 7.11. The summed E-state index contributed by atoms with van der Waals surface area (Å²) in [6.07, 6.45) is 1.27. The summed E-state index contributed by atoms with van der Waals surface area (Å²) < 4.78 is 16.0. The van der Waals surface area contributed by atoms with Crippen LogP contribution in [0.5, 0.6) is 0 Å². The number of nitrogen functional groups attached to an aromatic ring is 1. The van der Waals surface area contributed by atoms with Crippen LogP contribution in [0.1, 0.15) is 0 Å². The average Bonchev–Trinajstić information content (AvgIpc) is 2.84. The number of benzene rings is 2. The van der Waals surface area contributed by atoms with E-state index in [9.17, 15) is 4.79 Å². The zero-order valence-corrected chi connectivity index (χ0v) is 19.4. The summed E-state index contributed by atoms with van der Waals surface area (Å²) in [4.78, 5) is 23.9.